The van der Waals surface area contributed by atoms with Crippen molar-refractivity contribution < 1.29 is 9.47 Å². The van der Waals surface area contributed by atoms with Gasteiger partial charge in [-0.25, -0.2) is 9.97 Å². The van der Waals surface area contributed by atoms with E-state index in [4.69, 9.17) is 20.9 Å². The van der Waals surface area contributed by atoms with Crippen LogP contribution in [-0.2, 0) is 9.47 Å². The molecule has 7 nitrogen and oxygen atoms in total. The van der Waals surface area contributed by atoms with Crippen molar-refractivity contribution in [3.63, 3.8) is 0 Å². The summed E-state index contributed by atoms with van der Waals surface area (Å²) in [5, 5.41) is 0. The Kier molecular flexibility index (Phi) is 2.94. The van der Waals surface area contributed by atoms with Gasteiger partial charge in [-0.2, -0.15) is 0 Å². The maximum Gasteiger partial charge on any atom is 0.171 e. The first-order valence-corrected chi connectivity index (χ1v) is 6.52. The number of aromatic nitrogens is 2. The normalized spacial score (nSPS) is 22.1. The van der Waals surface area contributed by atoms with Gasteiger partial charge >= 0.3 is 0 Å². The Morgan fingerprint density at radius 3 is 2.11 bits per heavy atom. The van der Waals surface area contributed by atoms with Crippen LogP contribution in [0.3, 0.4) is 0 Å². The van der Waals surface area contributed by atoms with Gasteiger partial charge in [0.15, 0.2) is 17.4 Å². The van der Waals surface area contributed by atoms with Crippen LogP contribution < -0.4 is 16.4 Å². The van der Waals surface area contributed by atoms with Gasteiger partial charge in [-0.05, 0) is 6.92 Å². The van der Waals surface area contributed by atoms with E-state index in [1.165, 1.54) is 0 Å². The van der Waals surface area contributed by atoms with Crippen LogP contribution in [0, 0.1) is 6.92 Å². The van der Waals surface area contributed by atoms with Crippen LogP contribution in [0.15, 0.2) is 0 Å². The van der Waals surface area contributed by atoms with Crippen LogP contribution in [0.2, 0.25) is 0 Å². The Morgan fingerprint density at radius 1 is 1.05 bits per heavy atom. The second-order valence-electron chi connectivity index (χ2n) is 4.98. The fraction of sp³-hybridized carbons (Fsp3) is 0.667. The lowest BCUT2D eigenvalue weighted by atomic mass is 10.0. The minimum absolute atomic E-state index is 0.397. The average Bonchev–Trinajstić information content (AvgIpc) is 2.79. The van der Waals surface area contributed by atoms with Gasteiger partial charge in [0.2, 0.25) is 0 Å². The van der Waals surface area contributed by atoms with Crippen molar-refractivity contribution in [3.05, 3.63) is 5.82 Å². The number of nitrogen functional groups attached to an aromatic ring is 2. The highest BCUT2D eigenvalue weighted by molar-refractivity contribution is 5.75. The number of rotatable bonds is 1. The van der Waals surface area contributed by atoms with E-state index < -0.39 is 5.79 Å². The van der Waals surface area contributed by atoms with Crippen molar-refractivity contribution in [3.8, 4) is 0 Å². The van der Waals surface area contributed by atoms with E-state index in [0.29, 0.717) is 30.7 Å². The van der Waals surface area contributed by atoms with E-state index >= 15 is 0 Å². The molecule has 0 bridgehead atoms. The zero-order valence-corrected chi connectivity index (χ0v) is 11.1. The molecule has 2 aliphatic heterocycles. The zero-order valence-electron chi connectivity index (χ0n) is 11.1. The van der Waals surface area contributed by atoms with E-state index in [-0.39, 0.29) is 0 Å². The largest absolute Gasteiger partial charge is 0.382 e. The monoisotopic (exact) mass is 265 g/mol. The average molecular weight is 265 g/mol. The first-order chi connectivity index (χ1) is 9.10. The summed E-state index contributed by atoms with van der Waals surface area (Å²) in [6.07, 6.45) is 1.61. The Hall–Kier alpha value is -1.60. The second kappa shape index (κ2) is 4.50. The van der Waals surface area contributed by atoms with Gasteiger partial charge in [0, 0.05) is 25.9 Å². The maximum absolute atomic E-state index is 5.96. The summed E-state index contributed by atoms with van der Waals surface area (Å²) >= 11 is 0. The van der Waals surface area contributed by atoms with Gasteiger partial charge in [-0.1, -0.05) is 0 Å². The molecular formula is C12H19N5O2. The molecule has 0 saturated carbocycles. The molecule has 0 atom stereocenters. The molecule has 1 spiro atoms. The fourth-order valence-electron chi connectivity index (χ4n) is 2.79. The van der Waals surface area contributed by atoms with Gasteiger partial charge in [0.1, 0.15) is 11.5 Å². The summed E-state index contributed by atoms with van der Waals surface area (Å²) in [5.74, 6) is 1.07. The summed E-state index contributed by atoms with van der Waals surface area (Å²) in [7, 11) is 0. The third kappa shape index (κ3) is 2.19. The Balaban J connectivity index is 1.78. The number of piperidine rings is 1. The third-order valence-corrected chi connectivity index (χ3v) is 3.70. The number of nitrogens with two attached hydrogens (primary N) is 2. The molecule has 3 rings (SSSR count). The minimum atomic E-state index is -0.397. The molecule has 2 aliphatic rings. The molecule has 0 amide bonds. The third-order valence-electron chi connectivity index (χ3n) is 3.70. The van der Waals surface area contributed by atoms with Crippen molar-refractivity contribution in [1.82, 2.24) is 9.97 Å². The van der Waals surface area contributed by atoms with E-state index in [2.05, 4.69) is 14.9 Å². The number of nitrogens with zero attached hydrogens (tertiary/aromatic N) is 3. The van der Waals surface area contributed by atoms with Gasteiger partial charge in [0.25, 0.3) is 0 Å². The van der Waals surface area contributed by atoms with Crippen molar-refractivity contribution in [1.29, 1.82) is 0 Å². The summed E-state index contributed by atoms with van der Waals surface area (Å²) in [6.45, 7) is 4.69. The molecule has 19 heavy (non-hydrogen) atoms. The summed E-state index contributed by atoms with van der Waals surface area (Å²) < 4.78 is 11.4. The number of ether oxygens (including phenoxy) is 2. The van der Waals surface area contributed by atoms with Crippen molar-refractivity contribution in [2.24, 2.45) is 0 Å². The highest BCUT2D eigenvalue weighted by Gasteiger charge is 2.40. The molecule has 2 fully saturated rings. The van der Waals surface area contributed by atoms with Crippen molar-refractivity contribution in [2.45, 2.75) is 25.6 Å². The molecule has 0 radical (unpaired) electrons. The lowest BCUT2D eigenvalue weighted by Crippen LogP contribution is -2.45. The van der Waals surface area contributed by atoms with Crippen LogP contribution in [0.5, 0.6) is 0 Å². The van der Waals surface area contributed by atoms with Crippen LogP contribution >= 0.6 is 0 Å². The topological polar surface area (TPSA) is 99.5 Å². The van der Waals surface area contributed by atoms with Gasteiger partial charge in [-0.15, -0.1) is 0 Å². The fourth-order valence-corrected chi connectivity index (χ4v) is 2.79. The molecule has 104 valence electrons. The van der Waals surface area contributed by atoms with Crippen LogP contribution in [0.4, 0.5) is 17.3 Å². The van der Waals surface area contributed by atoms with Crippen LogP contribution in [0.25, 0.3) is 0 Å². The minimum Gasteiger partial charge on any atom is -0.382 e. The molecule has 3 heterocycles. The van der Waals surface area contributed by atoms with Crippen LogP contribution in [0.1, 0.15) is 18.7 Å². The second-order valence-corrected chi connectivity index (χ2v) is 4.98. The molecule has 0 aromatic carbocycles. The predicted octanol–water partition coefficient (Wildman–Crippen LogP) is 0.293. The number of anilines is 3. The van der Waals surface area contributed by atoms with E-state index in [1.54, 1.807) is 6.92 Å². The molecule has 0 aliphatic carbocycles. The Bertz CT molecular complexity index is 454. The van der Waals surface area contributed by atoms with Gasteiger partial charge in [-0.3, -0.25) is 0 Å². The standard InChI is InChI=1S/C12H19N5O2/c1-8-15-10(13)9(11(14)16-8)17-4-2-12(3-5-17)18-6-7-19-12/h2-7H2,1H3,(H4,13,14,15,16). The smallest absolute Gasteiger partial charge is 0.171 e. The summed E-state index contributed by atoms with van der Waals surface area (Å²) in [5.41, 5.74) is 12.7. The Morgan fingerprint density at radius 2 is 1.58 bits per heavy atom. The number of aryl methyl sites for hydroxylation is 1. The van der Waals surface area contributed by atoms with Gasteiger partial charge in [0.05, 0.1) is 13.2 Å². The molecule has 4 N–H and O–H groups in total. The highest BCUT2D eigenvalue weighted by Crippen LogP contribution is 2.36. The zero-order chi connectivity index (χ0) is 13.5. The van der Waals surface area contributed by atoms with Crippen molar-refractivity contribution in [2.75, 3.05) is 42.7 Å². The lowest BCUT2D eigenvalue weighted by molar-refractivity contribution is -0.169. The first kappa shape index (κ1) is 12.4. The quantitative estimate of drug-likeness (QED) is 0.753. The molecular weight excluding hydrogens is 246 g/mol. The number of hydrogen-bond acceptors (Lipinski definition) is 7. The molecule has 1 aromatic rings. The highest BCUT2D eigenvalue weighted by atomic mass is 16.7. The maximum atomic E-state index is 5.96. The Labute approximate surface area is 111 Å². The lowest BCUT2D eigenvalue weighted by Gasteiger charge is -2.39. The summed E-state index contributed by atoms with van der Waals surface area (Å²) in [4.78, 5) is 10.5. The molecule has 1 aromatic heterocycles. The number of hydrogen-bond donors (Lipinski definition) is 2. The SMILES string of the molecule is Cc1nc(N)c(N2CCC3(CC2)OCCO3)c(N)n1. The van der Waals surface area contributed by atoms with Crippen molar-refractivity contribution >= 4 is 17.3 Å². The van der Waals surface area contributed by atoms with E-state index in [0.717, 1.165) is 31.6 Å². The molecule has 7 heteroatoms. The summed E-state index contributed by atoms with van der Waals surface area (Å²) in [6, 6.07) is 0. The van der Waals surface area contributed by atoms with Gasteiger partial charge < -0.3 is 25.8 Å². The predicted molar refractivity (Wildman–Crippen MR) is 71.7 cm³/mol. The van der Waals surface area contributed by atoms with Crippen LogP contribution in [-0.4, -0.2) is 42.1 Å². The molecule has 2 saturated heterocycles. The first-order valence-electron chi connectivity index (χ1n) is 6.52. The van der Waals surface area contributed by atoms with E-state index in [1.807, 2.05) is 0 Å². The van der Waals surface area contributed by atoms with E-state index in [9.17, 15) is 0 Å². The molecule has 0 unspecified atom stereocenters.